The van der Waals surface area contributed by atoms with Crippen molar-refractivity contribution in [1.82, 2.24) is 4.98 Å². The monoisotopic (exact) mass is 416 g/mol. The van der Waals surface area contributed by atoms with Crippen LogP contribution in [-0.4, -0.2) is 10.9 Å². The van der Waals surface area contributed by atoms with Crippen molar-refractivity contribution in [2.45, 2.75) is 0 Å². The van der Waals surface area contributed by atoms with Gasteiger partial charge in [0.2, 0.25) is 5.89 Å². The Balaban J connectivity index is 1.55. The summed E-state index contributed by atoms with van der Waals surface area (Å²) in [4.78, 5) is 16.5. The maximum absolute atomic E-state index is 12.1. The molecular weight excluding hydrogens is 408 g/mol. The van der Waals surface area contributed by atoms with E-state index in [9.17, 15) is 4.79 Å². The fourth-order valence-electron chi connectivity index (χ4n) is 2.35. The highest BCUT2D eigenvalue weighted by molar-refractivity contribution is 9.10. The lowest BCUT2D eigenvalue weighted by atomic mass is 10.2. The number of halogens is 2. The zero-order valence-corrected chi connectivity index (χ0v) is 15.0. The molecule has 2 heterocycles. The van der Waals surface area contributed by atoms with Gasteiger partial charge in [0.15, 0.2) is 16.0 Å². The van der Waals surface area contributed by atoms with Gasteiger partial charge in [-0.15, -0.1) is 0 Å². The van der Waals surface area contributed by atoms with Gasteiger partial charge < -0.3 is 14.2 Å². The fraction of sp³-hybridized carbons (Fsp3) is 0. The molecule has 1 N–H and O–H groups in total. The minimum atomic E-state index is -0.324. The average molecular weight is 418 g/mol. The SMILES string of the molecule is O=C(Nc1ccc(-c2nc3cc(Cl)ccc3o2)cc1)c1ccc(Br)o1. The molecule has 0 spiro atoms. The maximum atomic E-state index is 12.1. The summed E-state index contributed by atoms with van der Waals surface area (Å²) in [5, 5.41) is 3.37. The van der Waals surface area contributed by atoms with Crippen molar-refractivity contribution in [2.75, 3.05) is 5.32 Å². The van der Waals surface area contributed by atoms with Crippen molar-refractivity contribution < 1.29 is 13.6 Å². The number of nitrogens with one attached hydrogen (secondary N) is 1. The van der Waals surface area contributed by atoms with Crippen molar-refractivity contribution in [2.24, 2.45) is 0 Å². The minimum Gasteiger partial charge on any atom is -0.444 e. The third kappa shape index (κ3) is 3.31. The predicted molar refractivity (Wildman–Crippen MR) is 98.8 cm³/mol. The number of rotatable bonds is 3. The molecule has 0 unspecified atom stereocenters. The lowest BCUT2D eigenvalue weighted by Crippen LogP contribution is -2.10. The summed E-state index contributed by atoms with van der Waals surface area (Å²) in [6, 6.07) is 15.7. The van der Waals surface area contributed by atoms with Crippen molar-refractivity contribution in [3.05, 3.63) is 70.0 Å². The maximum Gasteiger partial charge on any atom is 0.291 e. The van der Waals surface area contributed by atoms with Crippen LogP contribution in [0.2, 0.25) is 5.02 Å². The molecule has 0 saturated heterocycles. The Hall–Kier alpha value is -2.57. The zero-order valence-electron chi connectivity index (χ0n) is 12.6. The highest BCUT2D eigenvalue weighted by Gasteiger charge is 2.12. The number of aromatic nitrogens is 1. The summed E-state index contributed by atoms with van der Waals surface area (Å²) in [7, 11) is 0. The molecule has 0 aliphatic rings. The number of hydrogen-bond donors (Lipinski definition) is 1. The molecule has 0 fully saturated rings. The third-order valence-electron chi connectivity index (χ3n) is 3.54. The van der Waals surface area contributed by atoms with Gasteiger partial charge in [-0.25, -0.2) is 4.98 Å². The van der Waals surface area contributed by atoms with E-state index in [1.54, 1.807) is 42.5 Å². The Kier molecular flexibility index (Phi) is 4.07. The van der Waals surface area contributed by atoms with Crippen LogP contribution in [-0.2, 0) is 0 Å². The highest BCUT2D eigenvalue weighted by atomic mass is 79.9. The molecule has 0 bridgehead atoms. The Labute approximate surface area is 155 Å². The van der Waals surface area contributed by atoms with Crippen LogP contribution in [0.5, 0.6) is 0 Å². The molecule has 0 saturated carbocycles. The van der Waals surface area contributed by atoms with Crippen molar-refractivity contribution in [3.8, 4) is 11.5 Å². The molecule has 124 valence electrons. The van der Waals surface area contributed by atoms with Crippen molar-refractivity contribution in [1.29, 1.82) is 0 Å². The quantitative estimate of drug-likeness (QED) is 0.460. The normalized spacial score (nSPS) is 11.0. The second kappa shape index (κ2) is 6.38. The van der Waals surface area contributed by atoms with Crippen LogP contribution in [0.15, 0.2) is 68.1 Å². The van der Waals surface area contributed by atoms with Crippen LogP contribution >= 0.6 is 27.5 Å². The van der Waals surface area contributed by atoms with Gasteiger partial charge in [-0.1, -0.05) is 11.6 Å². The van der Waals surface area contributed by atoms with Gasteiger partial charge in [-0.3, -0.25) is 4.79 Å². The highest BCUT2D eigenvalue weighted by Crippen LogP contribution is 2.27. The van der Waals surface area contributed by atoms with Crippen LogP contribution in [0.3, 0.4) is 0 Å². The zero-order chi connectivity index (χ0) is 17.4. The number of oxazole rings is 1. The number of carbonyl (C=O) groups is 1. The summed E-state index contributed by atoms with van der Waals surface area (Å²) in [6.45, 7) is 0. The molecule has 0 atom stereocenters. The van der Waals surface area contributed by atoms with E-state index in [0.29, 0.717) is 32.4 Å². The lowest BCUT2D eigenvalue weighted by Gasteiger charge is -2.03. The van der Waals surface area contributed by atoms with Gasteiger partial charge >= 0.3 is 0 Å². The Morgan fingerprint density at radius 2 is 1.84 bits per heavy atom. The van der Waals surface area contributed by atoms with E-state index in [1.165, 1.54) is 0 Å². The molecule has 4 aromatic rings. The first-order valence-electron chi connectivity index (χ1n) is 7.32. The number of nitrogens with zero attached hydrogens (tertiary/aromatic N) is 1. The molecule has 7 heteroatoms. The van der Waals surface area contributed by atoms with Gasteiger partial charge in [0, 0.05) is 16.3 Å². The number of hydrogen-bond acceptors (Lipinski definition) is 4. The molecule has 25 heavy (non-hydrogen) atoms. The fourth-order valence-corrected chi connectivity index (χ4v) is 2.82. The molecule has 2 aromatic heterocycles. The smallest absolute Gasteiger partial charge is 0.291 e. The van der Waals surface area contributed by atoms with E-state index in [4.69, 9.17) is 20.4 Å². The predicted octanol–water partition coefficient (Wildman–Crippen LogP) is 5.76. The van der Waals surface area contributed by atoms with E-state index in [-0.39, 0.29) is 11.7 Å². The number of fused-ring (bicyclic) bond motifs is 1. The van der Waals surface area contributed by atoms with Crippen LogP contribution in [0, 0.1) is 0 Å². The van der Waals surface area contributed by atoms with E-state index >= 15 is 0 Å². The summed E-state index contributed by atoms with van der Waals surface area (Å²) < 4.78 is 11.5. The molecule has 1 amide bonds. The molecular formula is C18H10BrClN2O3. The van der Waals surface area contributed by atoms with Gasteiger partial charge in [0.05, 0.1) is 0 Å². The first kappa shape index (κ1) is 15.9. The van der Waals surface area contributed by atoms with Gasteiger partial charge in [-0.2, -0.15) is 0 Å². The molecule has 0 aliphatic heterocycles. The summed E-state index contributed by atoms with van der Waals surface area (Å²) >= 11 is 9.13. The van der Waals surface area contributed by atoms with Crippen molar-refractivity contribution >= 4 is 50.2 Å². The number of carbonyl (C=O) groups excluding carboxylic acids is 1. The van der Waals surface area contributed by atoms with E-state index in [0.717, 1.165) is 5.56 Å². The van der Waals surface area contributed by atoms with Gasteiger partial charge in [-0.05, 0) is 70.5 Å². The number of furan rings is 1. The van der Waals surface area contributed by atoms with Crippen LogP contribution in [0.25, 0.3) is 22.6 Å². The number of amides is 1. The van der Waals surface area contributed by atoms with Gasteiger partial charge in [0.25, 0.3) is 5.91 Å². The molecule has 4 rings (SSSR count). The summed E-state index contributed by atoms with van der Waals surface area (Å²) in [6.07, 6.45) is 0. The first-order chi connectivity index (χ1) is 12.1. The molecule has 2 aromatic carbocycles. The number of anilines is 1. The Morgan fingerprint density at radius 3 is 2.56 bits per heavy atom. The van der Waals surface area contributed by atoms with E-state index in [2.05, 4.69) is 26.2 Å². The largest absolute Gasteiger partial charge is 0.444 e. The Bertz CT molecular complexity index is 1070. The average Bonchev–Trinajstić information content (AvgIpc) is 3.21. The minimum absolute atomic E-state index is 0.229. The van der Waals surface area contributed by atoms with Crippen LogP contribution in [0.4, 0.5) is 5.69 Å². The molecule has 5 nitrogen and oxygen atoms in total. The first-order valence-corrected chi connectivity index (χ1v) is 8.49. The lowest BCUT2D eigenvalue weighted by molar-refractivity contribution is 0.0995. The van der Waals surface area contributed by atoms with Gasteiger partial charge in [0.1, 0.15) is 5.52 Å². The number of benzene rings is 2. The topological polar surface area (TPSA) is 68.3 Å². The standard InChI is InChI=1S/C18H10BrClN2O3/c19-16-8-7-15(24-16)17(23)21-12-4-1-10(2-5-12)18-22-13-9-11(20)3-6-14(13)25-18/h1-9H,(H,21,23). The van der Waals surface area contributed by atoms with Crippen molar-refractivity contribution in [3.63, 3.8) is 0 Å². The molecule has 0 aliphatic carbocycles. The van der Waals surface area contributed by atoms with Crippen LogP contribution in [0.1, 0.15) is 10.6 Å². The summed E-state index contributed by atoms with van der Waals surface area (Å²) in [5.74, 6) is 0.395. The second-order valence-corrected chi connectivity index (χ2v) is 6.48. The van der Waals surface area contributed by atoms with E-state index in [1.807, 2.05) is 12.1 Å². The van der Waals surface area contributed by atoms with E-state index < -0.39 is 0 Å². The third-order valence-corrected chi connectivity index (χ3v) is 4.20. The second-order valence-electron chi connectivity index (χ2n) is 5.27. The Morgan fingerprint density at radius 1 is 1.04 bits per heavy atom. The molecule has 0 radical (unpaired) electrons. The summed E-state index contributed by atoms with van der Waals surface area (Å²) in [5.41, 5.74) is 2.80. The van der Waals surface area contributed by atoms with Crippen LogP contribution < -0.4 is 5.32 Å².